The van der Waals surface area contributed by atoms with Gasteiger partial charge in [-0.3, -0.25) is 10.2 Å². The van der Waals surface area contributed by atoms with Gasteiger partial charge in [0.15, 0.2) is 0 Å². The van der Waals surface area contributed by atoms with E-state index in [1.54, 1.807) is 0 Å². The molecule has 13 heavy (non-hydrogen) atoms. The minimum absolute atomic E-state index is 0.0767. The number of nitrogens with one attached hydrogen (secondary N) is 1. The lowest BCUT2D eigenvalue weighted by Gasteiger charge is -2.20. The van der Waals surface area contributed by atoms with Gasteiger partial charge in [0, 0.05) is 12.5 Å². The summed E-state index contributed by atoms with van der Waals surface area (Å²) in [5.74, 6) is 4.88. The molecule has 1 amide bonds. The maximum atomic E-state index is 10.7. The van der Waals surface area contributed by atoms with Crippen molar-refractivity contribution in [2.24, 2.45) is 5.84 Å². The summed E-state index contributed by atoms with van der Waals surface area (Å²) in [5.41, 5.74) is 2.12. The fraction of sp³-hybridized carbons (Fsp3) is 0.889. The van der Waals surface area contributed by atoms with Gasteiger partial charge in [-0.05, 0) is 40.3 Å². The molecule has 0 aliphatic carbocycles. The van der Waals surface area contributed by atoms with Crippen LogP contribution in [-0.4, -0.2) is 30.4 Å². The Labute approximate surface area is 80.4 Å². The first kappa shape index (κ1) is 12.4. The van der Waals surface area contributed by atoms with Gasteiger partial charge in [-0.1, -0.05) is 0 Å². The van der Waals surface area contributed by atoms with Crippen molar-refractivity contribution in [1.82, 2.24) is 10.3 Å². The van der Waals surface area contributed by atoms with Crippen LogP contribution in [0.5, 0.6) is 0 Å². The molecule has 0 aromatic rings. The van der Waals surface area contributed by atoms with E-state index < -0.39 is 0 Å². The molecule has 78 valence electrons. The number of hydrogen-bond acceptors (Lipinski definition) is 3. The second-order valence-corrected chi connectivity index (χ2v) is 3.60. The Hall–Kier alpha value is -0.610. The third kappa shape index (κ3) is 6.54. The zero-order valence-corrected chi connectivity index (χ0v) is 8.84. The van der Waals surface area contributed by atoms with E-state index in [9.17, 15) is 4.79 Å². The Morgan fingerprint density at radius 1 is 1.46 bits per heavy atom. The molecule has 0 aromatic carbocycles. The number of carbonyl (C=O) groups is 1. The van der Waals surface area contributed by atoms with Crippen LogP contribution in [0.25, 0.3) is 0 Å². The smallest absolute Gasteiger partial charge is 0.233 e. The second-order valence-electron chi connectivity index (χ2n) is 3.60. The van der Waals surface area contributed by atoms with Gasteiger partial charge in [0.2, 0.25) is 5.91 Å². The third-order valence-corrected chi connectivity index (χ3v) is 2.21. The van der Waals surface area contributed by atoms with Crippen molar-refractivity contribution in [3.8, 4) is 0 Å². The summed E-state index contributed by atoms with van der Waals surface area (Å²) < 4.78 is 0. The first-order chi connectivity index (χ1) is 6.07. The molecule has 4 nitrogen and oxygen atoms in total. The van der Waals surface area contributed by atoms with E-state index >= 15 is 0 Å². The molecule has 4 heteroatoms. The van der Waals surface area contributed by atoms with E-state index in [-0.39, 0.29) is 5.91 Å². The van der Waals surface area contributed by atoms with Gasteiger partial charge < -0.3 is 4.90 Å². The van der Waals surface area contributed by atoms with Crippen LogP contribution in [-0.2, 0) is 4.79 Å². The largest absolute Gasteiger partial charge is 0.304 e. The molecule has 3 N–H and O–H groups in total. The number of amides is 1. The maximum absolute atomic E-state index is 10.7. The van der Waals surface area contributed by atoms with Crippen LogP contribution in [0.4, 0.5) is 0 Å². The lowest BCUT2D eigenvalue weighted by atomic mass is 10.2. The molecule has 0 fully saturated rings. The molecule has 0 aromatic heterocycles. The van der Waals surface area contributed by atoms with Crippen molar-refractivity contribution in [2.45, 2.75) is 39.2 Å². The topological polar surface area (TPSA) is 58.4 Å². The van der Waals surface area contributed by atoms with Gasteiger partial charge in [0.05, 0.1) is 0 Å². The standard InChI is InChI=1S/C9H21N3O/c1-8(2)12(3)7-5-4-6-9(13)11-10/h8H,4-7,10H2,1-3H3,(H,11,13). The highest BCUT2D eigenvalue weighted by atomic mass is 16.2. The van der Waals surface area contributed by atoms with E-state index in [1.165, 1.54) is 0 Å². The Balaban J connectivity index is 3.30. The molecule has 0 unspecified atom stereocenters. The van der Waals surface area contributed by atoms with Crippen molar-refractivity contribution in [2.75, 3.05) is 13.6 Å². The molecule has 0 saturated carbocycles. The highest BCUT2D eigenvalue weighted by Crippen LogP contribution is 2.00. The molecular formula is C9H21N3O. The average Bonchev–Trinajstić information content (AvgIpc) is 2.11. The van der Waals surface area contributed by atoms with E-state index in [0.29, 0.717) is 12.5 Å². The lowest BCUT2D eigenvalue weighted by Crippen LogP contribution is -2.30. The monoisotopic (exact) mass is 187 g/mol. The van der Waals surface area contributed by atoms with Gasteiger partial charge in [0.1, 0.15) is 0 Å². The molecular weight excluding hydrogens is 166 g/mol. The number of carbonyl (C=O) groups excluding carboxylic acids is 1. The number of hydrogen-bond donors (Lipinski definition) is 2. The van der Waals surface area contributed by atoms with E-state index in [0.717, 1.165) is 19.4 Å². The van der Waals surface area contributed by atoms with E-state index in [4.69, 9.17) is 5.84 Å². The average molecular weight is 187 g/mol. The SMILES string of the molecule is CC(C)N(C)CCCCC(=O)NN. The summed E-state index contributed by atoms with van der Waals surface area (Å²) in [5, 5.41) is 0. The van der Waals surface area contributed by atoms with Crippen molar-refractivity contribution in [3.05, 3.63) is 0 Å². The van der Waals surface area contributed by atoms with Crippen LogP contribution in [0.2, 0.25) is 0 Å². The molecule has 0 saturated heterocycles. The minimum Gasteiger partial charge on any atom is -0.304 e. The van der Waals surface area contributed by atoms with Crippen molar-refractivity contribution in [1.29, 1.82) is 0 Å². The summed E-state index contributed by atoms with van der Waals surface area (Å²) in [4.78, 5) is 13.0. The predicted octanol–water partition coefficient (Wildman–Crippen LogP) is 0.487. The molecule has 0 bridgehead atoms. The fourth-order valence-electron chi connectivity index (χ4n) is 0.977. The molecule has 0 radical (unpaired) electrons. The van der Waals surface area contributed by atoms with Crippen LogP contribution >= 0.6 is 0 Å². The summed E-state index contributed by atoms with van der Waals surface area (Å²) in [6, 6.07) is 0.573. The van der Waals surface area contributed by atoms with Gasteiger partial charge in [0.25, 0.3) is 0 Å². The number of rotatable bonds is 6. The Bertz CT molecular complexity index is 148. The second kappa shape index (κ2) is 6.86. The number of unbranched alkanes of at least 4 members (excludes halogenated alkanes) is 1. The van der Waals surface area contributed by atoms with Crippen LogP contribution < -0.4 is 11.3 Å². The number of nitrogens with two attached hydrogens (primary N) is 1. The highest BCUT2D eigenvalue weighted by molar-refractivity contribution is 5.74. The zero-order valence-electron chi connectivity index (χ0n) is 8.84. The van der Waals surface area contributed by atoms with Crippen molar-refractivity contribution in [3.63, 3.8) is 0 Å². The molecule has 0 aliphatic rings. The summed E-state index contributed by atoms with van der Waals surface area (Å²) >= 11 is 0. The first-order valence-electron chi connectivity index (χ1n) is 4.77. The van der Waals surface area contributed by atoms with Gasteiger partial charge >= 0.3 is 0 Å². The Kier molecular flexibility index (Phi) is 6.54. The third-order valence-electron chi connectivity index (χ3n) is 2.21. The molecule has 0 rings (SSSR count). The molecule has 0 heterocycles. The highest BCUT2D eigenvalue weighted by Gasteiger charge is 2.03. The van der Waals surface area contributed by atoms with Crippen molar-refractivity contribution < 1.29 is 4.79 Å². The normalized spacial score (nSPS) is 10.9. The molecule has 0 spiro atoms. The summed E-state index contributed by atoms with van der Waals surface area (Å²) in [6.07, 6.45) is 2.48. The first-order valence-corrected chi connectivity index (χ1v) is 4.77. The van der Waals surface area contributed by atoms with Crippen LogP contribution in [0.1, 0.15) is 33.1 Å². The van der Waals surface area contributed by atoms with E-state index in [1.807, 2.05) is 0 Å². The Morgan fingerprint density at radius 2 is 2.08 bits per heavy atom. The quantitative estimate of drug-likeness (QED) is 0.275. The maximum Gasteiger partial charge on any atom is 0.233 e. The predicted molar refractivity (Wildman–Crippen MR) is 53.9 cm³/mol. The van der Waals surface area contributed by atoms with Crippen LogP contribution in [0.3, 0.4) is 0 Å². The number of hydrazine groups is 1. The van der Waals surface area contributed by atoms with Crippen LogP contribution in [0.15, 0.2) is 0 Å². The van der Waals surface area contributed by atoms with Gasteiger partial charge in [-0.15, -0.1) is 0 Å². The van der Waals surface area contributed by atoms with Crippen LogP contribution in [0, 0.1) is 0 Å². The van der Waals surface area contributed by atoms with Gasteiger partial charge in [-0.25, -0.2) is 5.84 Å². The lowest BCUT2D eigenvalue weighted by molar-refractivity contribution is -0.121. The molecule has 0 atom stereocenters. The van der Waals surface area contributed by atoms with Gasteiger partial charge in [-0.2, -0.15) is 0 Å². The fourth-order valence-corrected chi connectivity index (χ4v) is 0.977. The molecule has 0 aliphatic heterocycles. The van der Waals surface area contributed by atoms with E-state index in [2.05, 4.69) is 31.2 Å². The minimum atomic E-state index is -0.0767. The summed E-state index contributed by atoms with van der Waals surface area (Å²) in [6.45, 7) is 5.36. The van der Waals surface area contributed by atoms with Crippen molar-refractivity contribution >= 4 is 5.91 Å². The summed E-state index contributed by atoms with van der Waals surface area (Å²) in [7, 11) is 2.09. The number of nitrogens with zero attached hydrogens (tertiary/aromatic N) is 1. The Morgan fingerprint density at radius 3 is 2.54 bits per heavy atom. The zero-order chi connectivity index (χ0) is 10.3.